The van der Waals surface area contributed by atoms with Crippen molar-refractivity contribution in [1.82, 2.24) is 9.71 Å². The molecule has 3 rings (SSSR count). The van der Waals surface area contributed by atoms with Crippen molar-refractivity contribution in [3.05, 3.63) is 59.3 Å². The molecule has 0 amide bonds. The van der Waals surface area contributed by atoms with Crippen molar-refractivity contribution < 1.29 is 22.4 Å². The Morgan fingerprint density at radius 2 is 2.04 bits per heavy atom. The van der Waals surface area contributed by atoms with Crippen LogP contribution in [0.2, 0.25) is 0 Å². The molecule has 0 aliphatic rings. The van der Waals surface area contributed by atoms with E-state index in [1.807, 2.05) is 24.4 Å². The first-order valence-corrected chi connectivity index (χ1v) is 10.5. The van der Waals surface area contributed by atoms with Crippen LogP contribution in [0.15, 0.2) is 57.4 Å². The maximum absolute atomic E-state index is 12.3. The summed E-state index contributed by atoms with van der Waals surface area (Å²) >= 11 is 1.48. The standard InChI is InChI=1S/C18H18N2O5S2/c1-12-5-7-15(8-6-12)27(22,23)20-13(2)18(21)25-11-14-10-24-17(19-14)16-4-3-9-26-16/h3-10,13,20H,11H2,1-2H3/t13-/m1/s1. The second-order valence-electron chi connectivity index (χ2n) is 5.89. The normalized spacial score (nSPS) is 12.7. The van der Waals surface area contributed by atoms with Crippen LogP contribution in [-0.4, -0.2) is 25.4 Å². The van der Waals surface area contributed by atoms with E-state index in [4.69, 9.17) is 9.15 Å². The van der Waals surface area contributed by atoms with Gasteiger partial charge in [-0.1, -0.05) is 23.8 Å². The van der Waals surface area contributed by atoms with Crippen molar-refractivity contribution in [3.8, 4) is 10.8 Å². The highest BCUT2D eigenvalue weighted by Gasteiger charge is 2.23. The smallest absolute Gasteiger partial charge is 0.324 e. The maximum atomic E-state index is 12.3. The lowest BCUT2D eigenvalue weighted by molar-refractivity contribution is -0.146. The Bertz CT molecular complexity index is 1010. The molecule has 0 unspecified atom stereocenters. The SMILES string of the molecule is Cc1ccc(S(=O)(=O)N[C@H](C)C(=O)OCc2coc(-c3cccs3)n2)cc1. The van der Waals surface area contributed by atoms with Crippen molar-refractivity contribution in [1.29, 1.82) is 0 Å². The van der Waals surface area contributed by atoms with Crippen LogP contribution in [0, 0.1) is 6.92 Å². The second-order valence-corrected chi connectivity index (χ2v) is 8.55. The van der Waals surface area contributed by atoms with Gasteiger partial charge in [-0.2, -0.15) is 4.72 Å². The summed E-state index contributed by atoms with van der Waals surface area (Å²) in [7, 11) is -3.81. The summed E-state index contributed by atoms with van der Waals surface area (Å²) in [6, 6.07) is 9.05. The highest BCUT2D eigenvalue weighted by molar-refractivity contribution is 7.89. The lowest BCUT2D eigenvalue weighted by atomic mass is 10.2. The first-order chi connectivity index (χ1) is 12.8. The molecule has 0 aliphatic heterocycles. The summed E-state index contributed by atoms with van der Waals surface area (Å²) in [6.45, 7) is 3.18. The van der Waals surface area contributed by atoms with E-state index in [9.17, 15) is 13.2 Å². The molecule has 7 nitrogen and oxygen atoms in total. The molecule has 1 atom stereocenters. The third-order valence-electron chi connectivity index (χ3n) is 3.66. The summed E-state index contributed by atoms with van der Waals surface area (Å²) in [5.41, 5.74) is 1.39. The van der Waals surface area contributed by atoms with Gasteiger partial charge in [0.2, 0.25) is 15.9 Å². The average Bonchev–Trinajstić information content (AvgIpc) is 3.31. The number of aryl methyl sites for hydroxylation is 1. The lowest BCUT2D eigenvalue weighted by Gasteiger charge is -2.13. The average molecular weight is 406 g/mol. The molecule has 9 heteroatoms. The van der Waals surface area contributed by atoms with Crippen LogP contribution in [0.5, 0.6) is 0 Å². The molecule has 1 N–H and O–H groups in total. The molecule has 0 radical (unpaired) electrons. The van der Waals surface area contributed by atoms with E-state index in [0.29, 0.717) is 11.6 Å². The molecule has 2 aromatic heterocycles. The van der Waals surface area contributed by atoms with Crippen molar-refractivity contribution >= 4 is 27.3 Å². The predicted octanol–water partition coefficient (Wildman–Crippen LogP) is 3.12. The number of nitrogens with one attached hydrogen (secondary N) is 1. The highest BCUT2D eigenvalue weighted by atomic mass is 32.2. The minimum atomic E-state index is -3.81. The van der Waals surface area contributed by atoms with Gasteiger partial charge >= 0.3 is 5.97 Å². The van der Waals surface area contributed by atoms with Crippen LogP contribution in [-0.2, 0) is 26.2 Å². The number of nitrogens with zero attached hydrogens (tertiary/aromatic N) is 1. The van der Waals surface area contributed by atoms with E-state index < -0.39 is 22.0 Å². The van der Waals surface area contributed by atoms with Crippen LogP contribution in [0.25, 0.3) is 10.8 Å². The zero-order chi connectivity index (χ0) is 19.4. The van der Waals surface area contributed by atoms with Gasteiger partial charge in [0.05, 0.1) is 9.77 Å². The van der Waals surface area contributed by atoms with E-state index >= 15 is 0 Å². The third-order valence-corrected chi connectivity index (χ3v) is 6.08. The molecule has 3 aromatic rings. The minimum Gasteiger partial charge on any atom is -0.458 e. The number of carbonyl (C=O) groups is 1. The van der Waals surface area contributed by atoms with Crippen molar-refractivity contribution in [3.63, 3.8) is 0 Å². The number of benzene rings is 1. The second kappa shape index (κ2) is 8.03. The number of esters is 1. The number of hydrogen-bond acceptors (Lipinski definition) is 7. The predicted molar refractivity (Wildman–Crippen MR) is 101 cm³/mol. The number of aromatic nitrogens is 1. The molecule has 27 heavy (non-hydrogen) atoms. The molecule has 142 valence electrons. The van der Waals surface area contributed by atoms with E-state index in [2.05, 4.69) is 9.71 Å². The molecule has 0 saturated carbocycles. The number of sulfonamides is 1. The van der Waals surface area contributed by atoms with Gasteiger partial charge in [0.1, 0.15) is 24.6 Å². The summed E-state index contributed by atoms with van der Waals surface area (Å²) in [5, 5.41) is 1.90. The van der Waals surface area contributed by atoms with Gasteiger partial charge in [0, 0.05) is 0 Å². The molecular formula is C18H18N2O5S2. The lowest BCUT2D eigenvalue weighted by Crippen LogP contribution is -2.39. The van der Waals surface area contributed by atoms with E-state index in [0.717, 1.165) is 10.4 Å². The van der Waals surface area contributed by atoms with Crippen LogP contribution >= 0.6 is 11.3 Å². The zero-order valence-electron chi connectivity index (χ0n) is 14.7. The highest BCUT2D eigenvalue weighted by Crippen LogP contribution is 2.23. The molecular weight excluding hydrogens is 388 g/mol. The molecule has 0 saturated heterocycles. The molecule has 2 heterocycles. The maximum Gasteiger partial charge on any atom is 0.324 e. The van der Waals surface area contributed by atoms with E-state index in [1.54, 1.807) is 12.1 Å². The van der Waals surface area contributed by atoms with Crippen molar-refractivity contribution in [2.24, 2.45) is 0 Å². The molecule has 0 bridgehead atoms. The minimum absolute atomic E-state index is 0.0878. The van der Waals surface area contributed by atoms with Crippen LogP contribution < -0.4 is 4.72 Å². The summed E-state index contributed by atoms with van der Waals surface area (Å²) in [4.78, 5) is 17.3. The van der Waals surface area contributed by atoms with Gasteiger partial charge < -0.3 is 9.15 Å². The molecule has 0 fully saturated rings. The van der Waals surface area contributed by atoms with Gasteiger partial charge in [0.15, 0.2) is 0 Å². The fraction of sp³-hybridized carbons (Fsp3) is 0.222. The van der Waals surface area contributed by atoms with Crippen LogP contribution in [0.3, 0.4) is 0 Å². The van der Waals surface area contributed by atoms with Gasteiger partial charge in [-0.15, -0.1) is 11.3 Å². The Morgan fingerprint density at radius 1 is 1.30 bits per heavy atom. The quantitative estimate of drug-likeness (QED) is 0.605. The number of thiophene rings is 1. The van der Waals surface area contributed by atoms with Crippen LogP contribution in [0.1, 0.15) is 18.2 Å². The Balaban J connectivity index is 1.57. The number of carbonyl (C=O) groups excluding carboxylic acids is 1. The molecule has 1 aromatic carbocycles. The first kappa shape index (κ1) is 19.3. The number of hydrogen-bond donors (Lipinski definition) is 1. The number of ether oxygens (including phenoxy) is 1. The Hall–Kier alpha value is -2.49. The van der Waals surface area contributed by atoms with Crippen molar-refractivity contribution in [2.75, 3.05) is 0 Å². The topological polar surface area (TPSA) is 98.5 Å². The summed E-state index contributed by atoms with van der Waals surface area (Å²) in [6.07, 6.45) is 1.41. The van der Waals surface area contributed by atoms with Gasteiger partial charge in [-0.25, -0.2) is 13.4 Å². The van der Waals surface area contributed by atoms with E-state index in [-0.39, 0.29) is 11.5 Å². The summed E-state index contributed by atoms with van der Waals surface area (Å²) < 4.78 is 37.4. The Kier molecular flexibility index (Phi) is 5.73. The summed E-state index contributed by atoms with van der Waals surface area (Å²) in [5.74, 6) is -0.254. The van der Waals surface area contributed by atoms with Gasteiger partial charge in [-0.05, 0) is 37.4 Å². The first-order valence-electron chi connectivity index (χ1n) is 8.09. The molecule has 0 aliphatic carbocycles. The zero-order valence-corrected chi connectivity index (χ0v) is 16.3. The monoisotopic (exact) mass is 406 g/mol. The third kappa shape index (κ3) is 4.82. The van der Waals surface area contributed by atoms with Crippen molar-refractivity contribution in [2.45, 2.75) is 31.4 Å². The number of oxazole rings is 1. The molecule has 0 spiro atoms. The fourth-order valence-corrected chi connectivity index (χ4v) is 4.07. The largest absolute Gasteiger partial charge is 0.458 e. The Labute approximate surface area is 161 Å². The van der Waals surface area contributed by atoms with Gasteiger partial charge in [-0.3, -0.25) is 4.79 Å². The number of rotatable bonds is 7. The van der Waals surface area contributed by atoms with E-state index in [1.165, 1.54) is 36.7 Å². The van der Waals surface area contributed by atoms with Crippen LogP contribution in [0.4, 0.5) is 0 Å². The fourth-order valence-electron chi connectivity index (χ4n) is 2.22. The van der Waals surface area contributed by atoms with Gasteiger partial charge in [0.25, 0.3) is 0 Å². The Morgan fingerprint density at radius 3 is 2.70 bits per heavy atom.